The monoisotopic (exact) mass is 336 g/mol. The first-order chi connectivity index (χ1) is 10.1. The fraction of sp³-hybridized carbons (Fsp3) is 0.533. The van der Waals surface area contributed by atoms with Gasteiger partial charge in [0.25, 0.3) is 0 Å². The predicted octanol–water partition coefficient (Wildman–Crippen LogP) is 4.44. The van der Waals surface area contributed by atoms with E-state index in [0.29, 0.717) is 25.7 Å². The maximum absolute atomic E-state index is 13.4. The summed E-state index contributed by atoms with van der Waals surface area (Å²) in [6.07, 6.45) is -2.32. The van der Waals surface area contributed by atoms with E-state index in [9.17, 15) is 23.1 Å². The quantitative estimate of drug-likeness (QED) is 0.802. The minimum absolute atomic E-state index is 0.0999. The van der Waals surface area contributed by atoms with Gasteiger partial charge in [0, 0.05) is 5.56 Å². The summed E-state index contributed by atoms with van der Waals surface area (Å²) < 4.78 is 40.1. The van der Waals surface area contributed by atoms with Crippen molar-refractivity contribution in [1.29, 1.82) is 0 Å². The number of carboxylic acids is 1. The van der Waals surface area contributed by atoms with Gasteiger partial charge < -0.3 is 10.2 Å². The highest BCUT2D eigenvalue weighted by Gasteiger charge is 2.43. The molecule has 2 rings (SSSR count). The van der Waals surface area contributed by atoms with E-state index in [1.165, 1.54) is 0 Å². The van der Waals surface area contributed by atoms with Crippen molar-refractivity contribution >= 4 is 17.6 Å². The number of aliphatic carboxylic acids is 1. The molecule has 0 atom stereocenters. The lowest BCUT2D eigenvalue weighted by molar-refractivity contribution is -0.139. The Bertz CT molecular complexity index is 578. The highest BCUT2D eigenvalue weighted by Crippen LogP contribution is 2.51. The van der Waals surface area contributed by atoms with Crippen LogP contribution < -0.4 is 0 Å². The van der Waals surface area contributed by atoms with Crippen molar-refractivity contribution in [3.8, 4) is 5.75 Å². The zero-order chi connectivity index (χ0) is 16.5. The summed E-state index contributed by atoms with van der Waals surface area (Å²) in [6, 6.07) is 1.85. The summed E-state index contributed by atoms with van der Waals surface area (Å²) in [5.74, 6) is -1.85. The van der Waals surface area contributed by atoms with Crippen LogP contribution in [0.4, 0.5) is 13.2 Å². The second-order valence-electron chi connectivity index (χ2n) is 5.63. The van der Waals surface area contributed by atoms with Crippen LogP contribution in [-0.2, 0) is 22.3 Å². The average molecular weight is 337 g/mol. The van der Waals surface area contributed by atoms with Crippen molar-refractivity contribution in [2.24, 2.45) is 0 Å². The average Bonchev–Trinajstić information content (AvgIpc) is 2.36. The molecular formula is C15H16ClF3O3. The molecule has 1 aliphatic rings. The number of phenols is 1. The third-order valence-electron chi connectivity index (χ3n) is 3.93. The molecule has 0 aromatic heterocycles. The molecule has 0 amide bonds. The number of benzene rings is 1. The second-order valence-corrected chi connectivity index (χ2v) is 6.36. The number of hydrogen-bond donors (Lipinski definition) is 2. The first kappa shape index (κ1) is 16.9. The third-order valence-corrected chi connectivity index (χ3v) is 4.50. The van der Waals surface area contributed by atoms with Gasteiger partial charge in [-0.3, -0.25) is 4.79 Å². The molecule has 0 unspecified atom stereocenters. The number of hydrogen-bond acceptors (Lipinski definition) is 2. The van der Waals surface area contributed by atoms with Crippen LogP contribution in [0.3, 0.4) is 0 Å². The van der Waals surface area contributed by atoms with E-state index < -0.39 is 34.8 Å². The lowest BCUT2D eigenvalue weighted by atomic mass is 9.80. The van der Waals surface area contributed by atoms with Gasteiger partial charge in [-0.25, -0.2) is 0 Å². The Morgan fingerprint density at radius 2 is 1.82 bits per heavy atom. The molecule has 2 N–H and O–H groups in total. The summed E-state index contributed by atoms with van der Waals surface area (Å²) >= 11 is 6.40. The smallest absolute Gasteiger partial charge is 0.416 e. The number of halogens is 4. The van der Waals surface area contributed by atoms with Gasteiger partial charge in [-0.15, -0.1) is 11.6 Å². The molecule has 1 fully saturated rings. The largest absolute Gasteiger partial charge is 0.508 e. The maximum Gasteiger partial charge on any atom is 0.416 e. The molecule has 0 saturated heterocycles. The van der Waals surface area contributed by atoms with Gasteiger partial charge in [0.1, 0.15) is 5.75 Å². The van der Waals surface area contributed by atoms with E-state index in [2.05, 4.69) is 0 Å². The molecule has 1 saturated carbocycles. The SMILES string of the molecule is O=C(O)Cc1cc(O)c(C2(Cl)CCCCC2)c(C(F)(F)F)c1. The first-order valence-electron chi connectivity index (χ1n) is 6.98. The van der Waals surface area contributed by atoms with Crippen LogP contribution in [0.15, 0.2) is 12.1 Å². The normalized spacial score (nSPS) is 18.2. The molecule has 1 aromatic rings. The number of carboxylic acid groups (broad SMARTS) is 1. The fourth-order valence-corrected chi connectivity index (χ4v) is 3.48. The molecule has 1 aromatic carbocycles. The Morgan fingerprint density at radius 3 is 2.32 bits per heavy atom. The molecule has 3 nitrogen and oxygen atoms in total. The van der Waals surface area contributed by atoms with Gasteiger partial charge in [0.2, 0.25) is 0 Å². The molecule has 7 heteroatoms. The van der Waals surface area contributed by atoms with Gasteiger partial charge >= 0.3 is 12.1 Å². The zero-order valence-electron chi connectivity index (χ0n) is 11.7. The van der Waals surface area contributed by atoms with E-state index in [1.54, 1.807) is 0 Å². The van der Waals surface area contributed by atoms with Gasteiger partial charge in [-0.1, -0.05) is 19.3 Å². The summed E-state index contributed by atoms with van der Waals surface area (Å²) in [6.45, 7) is 0. The Kier molecular flexibility index (Phi) is 4.61. The highest BCUT2D eigenvalue weighted by atomic mass is 35.5. The zero-order valence-corrected chi connectivity index (χ0v) is 12.5. The van der Waals surface area contributed by atoms with Crippen molar-refractivity contribution in [3.05, 3.63) is 28.8 Å². The van der Waals surface area contributed by atoms with Crippen LogP contribution in [0, 0.1) is 0 Å². The molecule has 0 spiro atoms. The number of aromatic hydroxyl groups is 1. The Morgan fingerprint density at radius 1 is 1.23 bits per heavy atom. The van der Waals surface area contributed by atoms with E-state index in [4.69, 9.17) is 16.7 Å². The van der Waals surface area contributed by atoms with Gasteiger partial charge in [-0.05, 0) is 30.5 Å². The third kappa shape index (κ3) is 3.48. The van der Waals surface area contributed by atoms with E-state index in [1.807, 2.05) is 0 Å². The summed E-state index contributed by atoms with van der Waals surface area (Å²) in [4.78, 5) is 9.45. The van der Waals surface area contributed by atoms with Crippen molar-refractivity contribution in [3.63, 3.8) is 0 Å². The lowest BCUT2D eigenvalue weighted by Gasteiger charge is -2.34. The van der Waals surface area contributed by atoms with Crippen LogP contribution in [0.2, 0.25) is 0 Å². The fourth-order valence-electron chi connectivity index (χ4n) is 3.02. The second kappa shape index (κ2) is 5.99. The van der Waals surface area contributed by atoms with Crippen molar-refractivity contribution in [2.75, 3.05) is 0 Å². The molecule has 0 radical (unpaired) electrons. The molecule has 0 bridgehead atoms. The number of rotatable bonds is 3. The van der Waals surface area contributed by atoms with Crippen LogP contribution >= 0.6 is 11.6 Å². The van der Waals surface area contributed by atoms with Crippen molar-refractivity contribution < 1.29 is 28.2 Å². The maximum atomic E-state index is 13.4. The van der Waals surface area contributed by atoms with E-state index >= 15 is 0 Å². The molecule has 1 aliphatic carbocycles. The van der Waals surface area contributed by atoms with Gasteiger partial charge in [0.15, 0.2) is 0 Å². The van der Waals surface area contributed by atoms with Crippen LogP contribution in [-0.4, -0.2) is 16.2 Å². The van der Waals surface area contributed by atoms with Crippen LogP contribution in [0.5, 0.6) is 5.75 Å². The minimum Gasteiger partial charge on any atom is -0.508 e. The van der Waals surface area contributed by atoms with Crippen LogP contribution in [0.25, 0.3) is 0 Å². The number of alkyl halides is 4. The Hall–Kier alpha value is -1.43. The molecular weight excluding hydrogens is 321 g/mol. The summed E-state index contributed by atoms with van der Waals surface area (Å²) in [5, 5.41) is 18.8. The first-order valence-corrected chi connectivity index (χ1v) is 7.35. The van der Waals surface area contributed by atoms with Gasteiger partial charge in [0.05, 0.1) is 16.9 Å². The van der Waals surface area contributed by atoms with Gasteiger partial charge in [-0.2, -0.15) is 13.2 Å². The van der Waals surface area contributed by atoms with Crippen LogP contribution in [0.1, 0.15) is 48.8 Å². The van der Waals surface area contributed by atoms with Crippen molar-refractivity contribution in [2.45, 2.75) is 49.6 Å². The summed E-state index contributed by atoms with van der Waals surface area (Å²) in [5.41, 5.74) is -1.46. The Labute approximate surface area is 130 Å². The standard InChI is InChI=1S/C15H16ClF3O3/c16-14(4-2-1-3-5-14)13-10(15(17,18)19)6-9(7-11(13)20)8-12(21)22/h6-7,20H,1-5,8H2,(H,21,22). The number of carbonyl (C=O) groups is 1. The topological polar surface area (TPSA) is 57.5 Å². The lowest BCUT2D eigenvalue weighted by Crippen LogP contribution is -2.26. The Balaban J connectivity index is 2.59. The molecule has 22 heavy (non-hydrogen) atoms. The molecule has 122 valence electrons. The summed E-state index contributed by atoms with van der Waals surface area (Å²) in [7, 11) is 0. The van der Waals surface area contributed by atoms with E-state index in [0.717, 1.165) is 18.6 Å². The minimum atomic E-state index is -4.71. The highest BCUT2D eigenvalue weighted by molar-refractivity contribution is 6.24. The van der Waals surface area contributed by atoms with E-state index in [-0.39, 0.29) is 11.1 Å². The molecule has 0 aliphatic heterocycles. The number of phenolic OH excluding ortho intramolecular Hbond substituents is 1. The predicted molar refractivity (Wildman–Crippen MR) is 75.1 cm³/mol. The van der Waals surface area contributed by atoms with Crippen molar-refractivity contribution in [1.82, 2.24) is 0 Å². The molecule has 0 heterocycles.